The van der Waals surface area contributed by atoms with E-state index in [0.717, 1.165) is 24.0 Å². The van der Waals surface area contributed by atoms with Gasteiger partial charge in [-0.15, -0.1) is 0 Å². The van der Waals surface area contributed by atoms with E-state index < -0.39 is 0 Å². The highest BCUT2D eigenvalue weighted by molar-refractivity contribution is 5.49. The summed E-state index contributed by atoms with van der Waals surface area (Å²) in [6.45, 7) is 1.95. The van der Waals surface area contributed by atoms with Gasteiger partial charge in [0.15, 0.2) is 0 Å². The molecule has 13 heavy (non-hydrogen) atoms. The lowest BCUT2D eigenvalue weighted by molar-refractivity contribution is -0.385. The number of nitro benzene ring substituents is 1. The average Bonchev–Trinajstić information content (AvgIpc) is 2.86. The summed E-state index contributed by atoms with van der Waals surface area (Å²) in [5.41, 5.74) is 2.30. The monoisotopic (exact) mass is 177 g/mol. The maximum atomic E-state index is 10.7. The van der Waals surface area contributed by atoms with Gasteiger partial charge in [0.25, 0.3) is 5.69 Å². The zero-order chi connectivity index (χ0) is 9.42. The molecule has 1 aromatic rings. The summed E-state index contributed by atoms with van der Waals surface area (Å²) in [7, 11) is 0. The molecule has 0 radical (unpaired) electrons. The molecule has 0 saturated heterocycles. The standard InChI is InChI=1S/C10H11NO2/c1-7-3-2-4-9(11(12)13)10(7)8-5-6-8/h2-4,8H,5-6H2,1H3. The van der Waals surface area contributed by atoms with Crippen LogP contribution in [0.3, 0.4) is 0 Å². The maximum absolute atomic E-state index is 10.7. The highest BCUT2D eigenvalue weighted by Gasteiger charge is 2.31. The van der Waals surface area contributed by atoms with Crippen LogP contribution in [0.1, 0.15) is 29.9 Å². The molecule has 0 spiro atoms. The number of nitro groups is 1. The zero-order valence-electron chi connectivity index (χ0n) is 7.49. The molecule has 1 aliphatic carbocycles. The van der Waals surface area contributed by atoms with Gasteiger partial charge in [0.2, 0.25) is 0 Å². The van der Waals surface area contributed by atoms with Crippen molar-refractivity contribution in [3.8, 4) is 0 Å². The molecule has 0 unspecified atom stereocenters. The Morgan fingerprint density at radius 3 is 2.69 bits per heavy atom. The molecule has 2 rings (SSSR count). The summed E-state index contributed by atoms with van der Waals surface area (Å²) in [6, 6.07) is 5.29. The molecule has 1 saturated carbocycles. The Morgan fingerprint density at radius 2 is 2.15 bits per heavy atom. The lowest BCUT2D eigenvalue weighted by atomic mass is 10.0. The fourth-order valence-corrected chi connectivity index (χ4v) is 1.73. The van der Waals surface area contributed by atoms with Gasteiger partial charge in [-0.3, -0.25) is 10.1 Å². The Hall–Kier alpha value is -1.38. The van der Waals surface area contributed by atoms with Gasteiger partial charge in [-0.1, -0.05) is 12.1 Å². The minimum absolute atomic E-state index is 0.277. The number of aryl methyl sites for hydroxylation is 1. The summed E-state index contributed by atoms with van der Waals surface area (Å²) in [4.78, 5) is 10.4. The first-order chi connectivity index (χ1) is 6.20. The molecule has 1 aliphatic rings. The fraction of sp³-hybridized carbons (Fsp3) is 0.400. The lowest BCUT2D eigenvalue weighted by Crippen LogP contribution is -1.96. The number of nitrogens with zero attached hydrogens (tertiary/aromatic N) is 1. The molecule has 68 valence electrons. The third-order valence-electron chi connectivity index (χ3n) is 2.48. The third-order valence-corrected chi connectivity index (χ3v) is 2.48. The van der Waals surface area contributed by atoms with E-state index in [1.165, 1.54) is 0 Å². The van der Waals surface area contributed by atoms with E-state index in [4.69, 9.17) is 0 Å². The van der Waals surface area contributed by atoms with Crippen molar-refractivity contribution in [1.82, 2.24) is 0 Å². The number of benzene rings is 1. The fourth-order valence-electron chi connectivity index (χ4n) is 1.73. The van der Waals surface area contributed by atoms with E-state index in [0.29, 0.717) is 11.6 Å². The van der Waals surface area contributed by atoms with Gasteiger partial charge in [0, 0.05) is 11.6 Å². The molecule has 3 heteroatoms. The van der Waals surface area contributed by atoms with Crippen LogP contribution in [0.15, 0.2) is 18.2 Å². The Labute approximate surface area is 76.5 Å². The van der Waals surface area contributed by atoms with E-state index in [1.54, 1.807) is 12.1 Å². The van der Waals surface area contributed by atoms with Crippen LogP contribution in [-0.4, -0.2) is 4.92 Å². The first kappa shape index (κ1) is 8.23. The second kappa shape index (κ2) is 2.83. The van der Waals surface area contributed by atoms with Gasteiger partial charge < -0.3 is 0 Å². The van der Waals surface area contributed by atoms with Crippen molar-refractivity contribution >= 4 is 5.69 Å². The Balaban J connectivity index is 2.53. The summed E-state index contributed by atoms with van der Waals surface area (Å²) in [6.07, 6.45) is 2.21. The van der Waals surface area contributed by atoms with Crippen LogP contribution in [0.2, 0.25) is 0 Å². The SMILES string of the molecule is Cc1cccc([N+](=O)[O-])c1C1CC1. The van der Waals surface area contributed by atoms with Gasteiger partial charge in [-0.05, 0) is 31.2 Å². The Kier molecular flexibility index (Phi) is 1.79. The smallest absolute Gasteiger partial charge is 0.258 e. The molecule has 3 nitrogen and oxygen atoms in total. The van der Waals surface area contributed by atoms with Crippen LogP contribution < -0.4 is 0 Å². The van der Waals surface area contributed by atoms with Crippen LogP contribution in [-0.2, 0) is 0 Å². The van der Waals surface area contributed by atoms with Crippen molar-refractivity contribution in [2.75, 3.05) is 0 Å². The minimum Gasteiger partial charge on any atom is -0.258 e. The summed E-state index contributed by atoms with van der Waals surface area (Å²) in [5.74, 6) is 0.446. The normalized spacial score (nSPS) is 15.8. The van der Waals surface area contributed by atoms with Crippen LogP contribution in [0, 0.1) is 17.0 Å². The van der Waals surface area contributed by atoms with Crippen LogP contribution >= 0.6 is 0 Å². The second-order valence-corrected chi connectivity index (χ2v) is 3.54. The van der Waals surface area contributed by atoms with E-state index in [1.807, 2.05) is 13.0 Å². The topological polar surface area (TPSA) is 43.1 Å². The van der Waals surface area contributed by atoms with Gasteiger partial charge in [0.1, 0.15) is 0 Å². The molecule has 0 aliphatic heterocycles. The lowest BCUT2D eigenvalue weighted by Gasteiger charge is -2.03. The summed E-state index contributed by atoms with van der Waals surface area (Å²) >= 11 is 0. The average molecular weight is 177 g/mol. The van der Waals surface area contributed by atoms with Crippen molar-refractivity contribution in [2.24, 2.45) is 0 Å². The van der Waals surface area contributed by atoms with Crippen molar-refractivity contribution in [3.63, 3.8) is 0 Å². The first-order valence-corrected chi connectivity index (χ1v) is 4.44. The predicted octanol–water partition coefficient (Wildman–Crippen LogP) is 2.78. The van der Waals surface area contributed by atoms with Crippen LogP contribution in [0.25, 0.3) is 0 Å². The Morgan fingerprint density at radius 1 is 1.46 bits per heavy atom. The van der Waals surface area contributed by atoms with Crippen molar-refractivity contribution < 1.29 is 4.92 Å². The molecule has 0 heterocycles. The van der Waals surface area contributed by atoms with Crippen molar-refractivity contribution in [2.45, 2.75) is 25.7 Å². The Bertz CT molecular complexity index is 356. The summed E-state index contributed by atoms with van der Waals surface area (Å²) in [5, 5.41) is 10.7. The van der Waals surface area contributed by atoms with Crippen LogP contribution in [0.4, 0.5) is 5.69 Å². The van der Waals surface area contributed by atoms with Gasteiger partial charge in [0.05, 0.1) is 4.92 Å². The number of rotatable bonds is 2. The molecule has 0 aromatic heterocycles. The molecule has 0 N–H and O–H groups in total. The highest BCUT2D eigenvalue weighted by Crippen LogP contribution is 2.45. The second-order valence-electron chi connectivity index (χ2n) is 3.54. The van der Waals surface area contributed by atoms with E-state index in [9.17, 15) is 10.1 Å². The van der Waals surface area contributed by atoms with Crippen LogP contribution in [0.5, 0.6) is 0 Å². The number of hydrogen-bond acceptors (Lipinski definition) is 2. The molecular formula is C10H11NO2. The summed E-state index contributed by atoms with van der Waals surface area (Å²) < 4.78 is 0. The molecule has 1 fully saturated rings. The molecular weight excluding hydrogens is 166 g/mol. The highest BCUT2D eigenvalue weighted by atomic mass is 16.6. The van der Waals surface area contributed by atoms with Crippen molar-refractivity contribution in [1.29, 1.82) is 0 Å². The minimum atomic E-state index is -0.277. The van der Waals surface area contributed by atoms with Gasteiger partial charge >= 0.3 is 0 Å². The third kappa shape index (κ3) is 1.41. The van der Waals surface area contributed by atoms with Gasteiger partial charge in [-0.2, -0.15) is 0 Å². The van der Waals surface area contributed by atoms with E-state index in [-0.39, 0.29) is 4.92 Å². The first-order valence-electron chi connectivity index (χ1n) is 4.44. The quantitative estimate of drug-likeness (QED) is 0.515. The van der Waals surface area contributed by atoms with E-state index >= 15 is 0 Å². The van der Waals surface area contributed by atoms with Crippen molar-refractivity contribution in [3.05, 3.63) is 39.4 Å². The maximum Gasteiger partial charge on any atom is 0.273 e. The predicted molar refractivity (Wildman–Crippen MR) is 49.8 cm³/mol. The molecule has 0 bridgehead atoms. The van der Waals surface area contributed by atoms with Gasteiger partial charge in [-0.25, -0.2) is 0 Å². The number of hydrogen-bond donors (Lipinski definition) is 0. The molecule has 1 aromatic carbocycles. The molecule has 0 atom stereocenters. The largest absolute Gasteiger partial charge is 0.273 e. The zero-order valence-corrected chi connectivity index (χ0v) is 7.49. The van der Waals surface area contributed by atoms with E-state index in [2.05, 4.69) is 0 Å². The molecule has 0 amide bonds.